The van der Waals surface area contributed by atoms with Crippen LogP contribution in [0.4, 0.5) is 0 Å². The summed E-state index contributed by atoms with van der Waals surface area (Å²) in [5.41, 5.74) is 6.73. The van der Waals surface area contributed by atoms with Crippen LogP contribution in [0.5, 0.6) is 0 Å². The Bertz CT molecular complexity index is 759. The van der Waals surface area contributed by atoms with Crippen LogP contribution >= 0.6 is 0 Å². The van der Waals surface area contributed by atoms with Gasteiger partial charge in [0.2, 0.25) is 0 Å². The number of ketones is 1. The highest BCUT2D eigenvalue weighted by molar-refractivity contribution is 6.15. The van der Waals surface area contributed by atoms with Gasteiger partial charge in [-0.15, -0.1) is 0 Å². The molecular weight excluding hydrogens is 316 g/mol. The van der Waals surface area contributed by atoms with E-state index in [2.05, 4.69) is 88.4 Å². The second-order valence-electron chi connectivity index (χ2n) is 7.81. The number of carbonyl (C=O) groups excluding carboxylic acids is 1. The molecule has 0 aliphatic heterocycles. The van der Waals surface area contributed by atoms with E-state index in [9.17, 15) is 4.79 Å². The maximum atomic E-state index is 12.7. The van der Waals surface area contributed by atoms with Gasteiger partial charge >= 0.3 is 0 Å². The van der Waals surface area contributed by atoms with E-state index in [-0.39, 0.29) is 5.78 Å². The predicted molar refractivity (Wildman–Crippen MR) is 111 cm³/mol. The van der Waals surface area contributed by atoms with Gasteiger partial charge in [0.15, 0.2) is 5.78 Å². The number of hydrogen-bond acceptors (Lipinski definition) is 1. The molecule has 1 aliphatic rings. The average Bonchev–Trinajstić information content (AvgIpc) is 2.96. The van der Waals surface area contributed by atoms with Gasteiger partial charge in [-0.2, -0.15) is 0 Å². The monoisotopic (exact) mass is 344 g/mol. The fourth-order valence-corrected chi connectivity index (χ4v) is 3.33. The summed E-state index contributed by atoms with van der Waals surface area (Å²) in [5.74, 6) is 1.26. The maximum absolute atomic E-state index is 12.7. The molecule has 0 amide bonds. The van der Waals surface area contributed by atoms with Gasteiger partial charge in [-0.25, -0.2) is 0 Å². The Morgan fingerprint density at radius 1 is 0.654 bits per heavy atom. The normalized spacial score (nSPS) is 17.8. The first-order valence-corrected chi connectivity index (χ1v) is 9.60. The van der Waals surface area contributed by atoms with E-state index >= 15 is 0 Å². The lowest BCUT2D eigenvalue weighted by Gasteiger charge is -2.05. The lowest BCUT2D eigenvalue weighted by molar-refractivity contribution is -0.111. The molecule has 1 heteroatoms. The van der Waals surface area contributed by atoms with E-state index in [4.69, 9.17) is 0 Å². The van der Waals surface area contributed by atoms with Gasteiger partial charge in [0.05, 0.1) is 0 Å². The van der Waals surface area contributed by atoms with E-state index < -0.39 is 0 Å². The first kappa shape index (κ1) is 18.4. The Balaban J connectivity index is 1.76. The van der Waals surface area contributed by atoms with Crippen molar-refractivity contribution in [2.45, 2.75) is 52.4 Å². The molecule has 0 unspecified atom stereocenters. The Morgan fingerprint density at radius 2 is 1.00 bits per heavy atom. The van der Waals surface area contributed by atoms with Crippen LogP contribution in [0.15, 0.2) is 59.7 Å². The molecule has 0 N–H and O–H groups in total. The van der Waals surface area contributed by atoms with Crippen molar-refractivity contribution in [3.05, 3.63) is 81.9 Å². The summed E-state index contributed by atoms with van der Waals surface area (Å²) >= 11 is 0. The molecule has 2 aromatic carbocycles. The summed E-state index contributed by atoms with van der Waals surface area (Å²) in [7, 11) is 0. The minimum absolute atomic E-state index is 0.200. The third-order valence-corrected chi connectivity index (χ3v) is 5.14. The lowest BCUT2D eigenvalue weighted by atomic mass is 10.00. The molecule has 0 heterocycles. The van der Waals surface area contributed by atoms with Crippen LogP contribution < -0.4 is 0 Å². The molecule has 0 aromatic heterocycles. The van der Waals surface area contributed by atoms with E-state index in [0.717, 1.165) is 35.1 Å². The molecule has 3 rings (SSSR count). The molecule has 26 heavy (non-hydrogen) atoms. The third-order valence-electron chi connectivity index (χ3n) is 5.14. The largest absolute Gasteiger partial charge is 0.289 e. The average molecular weight is 344 g/mol. The highest BCUT2D eigenvalue weighted by Crippen LogP contribution is 2.30. The fourth-order valence-electron chi connectivity index (χ4n) is 3.33. The Morgan fingerprint density at radius 3 is 1.31 bits per heavy atom. The molecule has 0 radical (unpaired) electrons. The number of allylic oxidation sites excluding steroid dienone is 2. The highest BCUT2D eigenvalue weighted by atomic mass is 16.1. The van der Waals surface area contributed by atoms with Crippen molar-refractivity contribution in [2.24, 2.45) is 0 Å². The quantitative estimate of drug-likeness (QED) is 0.560. The number of Topliss-reactive ketones (excluding diaryl/α,β-unsaturated/α-hetero) is 1. The second-order valence-corrected chi connectivity index (χ2v) is 7.81. The Kier molecular flexibility index (Phi) is 5.56. The minimum Gasteiger partial charge on any atom is -0.289 e. The first-order valence-electron chi connectivity index (χ1n) is 9.60. The molecule has 134 valence electrons. The molecule has 0 spiro atoms. The first-order chi connectivity index (χ1) is 12.4. The van der Waals surface area contributed by atoms with Crippen LogP contribution in [-0.4, -0.2) is 5.78 Å². The molecule has 0 atom stereocenters. The molecular formula is C25H28O. The molecule has 0 saturated heterocycles. The van der Waals surface area contributed by atoms with Crippen molar-refractivity contribution >= 4 is 17.9 Å². The van der Waals surface area contributed by atoms with E-state index in [1.165, 1.54) is 11.1 Å². The zero-order valence-corrected chi connectivity index (χ0v) is 16.3. The molecule has 2 aromatic rings. The van der Waals surface area contributed by atoms with Crippen molar-refractivity contribution in [3.63, 3.8) is 0 Å². The van der Waals surface area contributed by atoms with Crippen molar-refractivity contribution in [1.29, 1.82) is 0 Å². The van der Waals surface area contributed by atoms with Crippen LogP contribution in [0.25, 0.3) is 12.2 Å². The van der Waals surface area contributed by atoms with Crippen LogP contribution in [0, 0.1) is 0 Å². The predicted octanol–water partition coefficient (Wildman–Crippen LogP) is 6.76. The summed E-state index contributed by atoms with van der Waals surface area (Å²) in [4.78, 5) is 12.7. The Hall–Kier alpha value is -2.41. The number of benzene rings is 2. The molecule has 1 nitrogen and oxygen atoms in total. The van der Waals surface area contributed by atoms with Gasteiger partial charge in [-0.05, 0) is 59.1 Å². The number of rotatable bonds is 4. The lowest BCUT2D eigenvalue weighted by Crippen LogP contribution is -1.96. The van der Waals surface area contributed by atoms with Gasteiger partial charge in [0.1, 0.15) is 0 Å². The maximum Gasteiger partial charge on any atom is 0.185 e. The topological polar surface area (TPSA) is 17.1 Å². The van der Waals surface area contributed by atoms with E-state index in [0.29, 0.717) is 11.8 Å². The number of hydrogen-bond donors (Lipinski definition) is 0. The Labute approximate surface area is 157 Å². The smallest absolute Gasteiger partial charge is 0.185 e. The second kappa shape index (κ2) is 7.86. The molecule has 1 saturated carbocycles. The van der Waals surface area contributed by atoms with Gasteiger partial charge in [0.25, 0.3) is 0 Å². The zero-order valence-electron chi connectivity index (χ0n) is 16.3. The van der Waals surface area contributed by atoms with E-state index in [1.807, 2.05) is 0 Å². The highest BCUT2D eigenvalue weighted by Gasteiger charge is 2.22. The van der Waals surface area contributed by atoms with Crippen LogP contribution in [0.2, 0.25) is 0 Å². The molecule has 0 bridgehead atoms. The standard InChI is InChI=1S/C25H28O/c1-17(2)21-9-5-19(6-10-21)15-23-13-14-24(25(23)26)16-20-7-11-22(12-8-20)18(3)4/h5-12,15-18H,13-14H2,1-4H3/b23-15+,24-16+. The van der Waals surface area contributed by atoms with Crippen LogP contribution in [-0.2, 0) is 4.79 Å². The SMILES string of the molecule is CC(C)c1ccc(/C=C2\CC/C(=C\c3ccc(C(C)C)cc3)C2=O)cc1. The fraction of sp³-hybridized carbons (Fsp3) is 0.320. The van der Waals surface area contributed by atoms with E-state index in [1.54, 1.807) is 0 Å². The summed E-state index contributed by atoms with van der Waals surface area (Å²) in [6, 6.07) is 17.1. The molecule has 1 aliphatic carbocycles. The summed E-state index contributed by atoms with van der Waals surface area (Å²) < 4.78 is 0. The van der Waals surface area contributed by atoms with Crippen molar-refractivity contribution in [3.8, 4) is 0 Å². The van der Waals surface area contributed by atoms with Crippen molar-refractivity contribution in [1.82, 2.24) is 0 Å². The van der Waals surface area contributed by atoms with Gasteiger partial charge in [0, 0.05) is 11.1 Å². The molecule has 1 fully saturated rings. The van der Waals surface area contributed by atoms with Crippen molar-refractivity contribution < 1.29 is 4.79 Å². The van der Waals surface area contributed by atoms with Gasteiger partial charge in [-0.1, -0.05) is 76.2 Å². The zero-order chi connectivity index (χ0) is 18.7. The summed E-state index contributed by atoms with van der Waals surface area (Å²) in [6.45, 7) is 8.77. The van der Waals surface area contributed by atoms with Gasteiger partial charge in [-0.3, -0.25) is 4.79 Å². The van der Waals surface area contributed by atoms with Crippen molar-refractivity contribution in [2.75, 3.05) is 0 Å². The minimum atomic E-state index is 0.200. The number of carbonyl (C=O) groups is 1. The van der Waals surface area contributed by atoms with Gasteiger partial charge < -0.3 is 0 Å². The summed E-state index contributed by atoms with van der Waals surface area (Å²) in [6.07, 6.45) is 5.77. The van der Waals surface area contributed by atoms with Crippen LogP contribution in [0.3, 0.4) is 0 Å². The van der Waals surface area contributed by atoms with Crippen LogP contribution in [0.1, 0.15) is 74.6 Å². The third kappa shape index (κ3) is 4.22. The summed E-state index contributed by atoms with van der Waals surface area (Å²) in [5, 5.41) is 0.